The van der Waals surface area contributed by atoms with Gasteiger partial charge in [-0.2, -0.15) is 0 Å². The molecule has 0 atom stereocenters. The number of hydrogen-bond acceptors (Lipinski definition) is 3. The molecule has 1 aliphatic rings. The number of carbonyl (C=O) groups is 2. The molecule has 5 heteroatoms. The highest BCUT2D eigenvalue weighted by Gasteiger charge is 2.26. The Hall–Kier alpha value is -2.14. The van der Waals surface area contributed by atoms with Gasteiger partial charge < -0.3 is 10.6 Å². The third-order valence-corrected chi connectivity index (χ3v) is 5.96. The van der Waals surface area contributed by atoms with Crippen LogP contribution in [0.4, 0.5) is 5.00 Å². The van der Waals surface area contributed by atoms with Crippen molar-refractivity contribution >= 4 is 28.2 Å². The van der Waals surface area contributed by atoms with Crippen LogP contribution in [0, 0.1) is 6.92 Å². The second kappa shape index (κ2) is 8.49. The minimum Gasteiger partial charge on any atom is -0.352 e. The maximum Gasteiger partial charge on any atom is 0.256 e. The SMILES string of the molecule is CCCCNC(=O)c1c(NC(=O)c2ccc(C)cc2)sc2c1CCCC2. The van der Waals surface area contributed by atoms with Crippen LogP contribution in [-0.2, 0) is 12.8 Å². The Kier molecular flexibility index (Phi) is 6.09. The molecule has 0 saturated heterocycles. The molecular formula is C21H26N2O2S. The fourth-order valence-corrected chi connectivity index (χ4v) is 4.52. The van der Waals surface area contributed by atoms with E-state index in [1.165, 1.54) is 4.88 Å². The lowest BCUT2D eigenvalue weighted by Crippen LogP contribution is -2.26. The minimum atomic E-state index is -0.161. The van der Waals surface area contributed by atoms with Gasteiger partial charge in [0, 0.05) is 17.0 Å². The molecule has 26 heavy (non-hydrogen) atoms. The Balaban J connectivity index is 1.85. The molecule has 0 fully saturated rings. The molecule has 0 unspecified atom stereocenters. The number of amides is 2. The van der Waals surface area contributed by atoms with Crippen molar-refractivity contribution in [2.45, 2.75) is 52.4 Å². The topological polar surface area (TPSA) is 58.2 Å². The van der Waals surface area contributed by atoms with Gasteiger partial charge in [-0.25, -0.2) is 0 Å². The van der Waals surface area contributed by atoms with Gasteiger partial charge in [-0.15, -0.1) is 11.3 Å². The van der Waals surface area contributed by atoms with E-state index in [-0.39, 0.29) is 11.8 Å². The van der Waals surface area contributed by atoms with Gasteiger partial charge in [0.25, 0.3) is 11.8 Å². The minimum absolute atomic E-state index is 0.0583. The van der Waals surface area contributed by atoms with E-state index in [0.29, 0.717) is 22.7 Å². The number of hydrogen-bond donors (Lipinski definition) is 2. The Labute approximate surface area is 159 Å². The van der Waals surface area contributed by atoms with Crippen LogP contribution in [-0.4, -0.2) is 18.4 Å². The van der Waals surface area contributed by atoms with Gasteiger partial charge in [0.15, 0.2) is 0 Å². The summed E-state index contributed by atoms with van der Waals surface area (Å²) in [6.45, 7) is 4.77. The van der Waals surface area contributed by atoms with E-state index in [4.69, 9.17) is 0 Å². The van der Waals surface area contributed by atoms with Crippen LogP contribution in [0.25, 0.3) is 0 Å². The number of fused-ring (bicyclic) bond motifs is 1. The van der Waals surface area contributed by atoms with E-state index in [9.17, 15) is 9.59 Å². The summed E-state index contributed by atoms with van der Waals surface area (Å²) in [6, 6.07) is 7.48. The van der Waals surface area contributed by atoms with E-state index in [1.54, 1.807) is 11.3 Å². The van der Waals surface area contributed by atoms with Crippen LogP contribution < -0.4 is 10.6 Å². The van der Waals surface area contributed by atoms with Crippen molar-refractivity contribution in [1.29, 1.82) is 0 Å². The molecule has 0 radical (unpaired) electrons. The molecule has 0 spiro atoms. The first-order chi connectivity index (χ1) is 12.6. The highest BCUT2D eigenvalue weighted by atomic mass is 32.1. The Morgan fingerprint density at radius 2 is 1.81 bits per heavy atom. The van der Waals surface area contributed by atoms with Crippen LogP contribution >= 0.6 is 11.3 Å². The largest absolute Gasteiger partial charge is 0.352 e. The predicted octanol–water partition coefficient (Wildman–Crippen LogP) is 4.72. The van der Waals surface area contributed by atoms with E-state index < -0.39 is 0 Å². The summed E-state index contributed by atoms with van der Waals surface area (Å²) in [4.78, 5) is 26.7. The average Bonchev–Trinajstić information content (AvgIpc) is 3.00. The highest BCUT2D eigenvalue weighted by molar-refractivity contribution is 7.17. The van der Waals surface area contributed by atoms with Gasteiger partial charge in [-0.1, -0.05) is 31.0 Å². The fraction of sp³-hybridized carbons (Fsp3) is 0.429. The molecule has 1 heterocycles. The first-order valence-corrected chi connectivity index (χ1v) is 10.2. The Morgan fingerprint density at radius 1 is 1.08 bits per heavy atom. The van der Waals surface area contributed by atoms with E-state index >= 15 is 0 Å². The van der Waals surface area contributed by atoms with Crippen LogP contribution in [0.1, 0.15) is 69.3 Å². The van der Waals surface area contributed by atoms with Gasteiger partial charge in [-0.05, 0) is 56.7 Å². The number of nitrogens with one attached hydrogen (secondary N) is 2. The maximum absolute atomic E-state index is 12.8. The summed E-state index contributed by atoms with van der Waals surface area (Å²) in [7, 11) is 0. The number of benzene rings is 1. The molecule has 2 amide bonds. The van der Waals surface area contributed by atoms with E-state index in [1.807, 2.05) is 31.2 Å². The molecule has 1 aromatic carbocycles. The van der Waals surface area contributed by atoms with Crippen LogP contribution in [0.15, 0.2) is 24.3 Å². The summed E-state index contributed by atoms with van der Waals surface area (Å²) in [5.41, 5.74) is 3.54. The predicted molar refractivity (Wildman–Crippen MR) is 107 cm³/mol. The van der Waals surface area contributed by atoms with Crippen molar-refractivity contribution < 1.29 is 9.59 Å². The fourth-order valence-electron chi connectivity index (χ4n) is 3.24. The zero-order valence-electron chi connectivity index (χ0n) is 15.5. The third-order valence-electron chi connectivity index (χ3n) is 4.76. The van der Waals surface area contributed by atoms with Crippen molar-refractivity contribution in [3.63, 3.8) is 0 Å². The van der Waals surface area contributed by atoms with Crippen molar-refractivity contribution in [3.8, 4) is 0 Å². The zero-order chi connectivity index (χ0) is 18.5. The van der Waals surface area contributed by atoms with Crippen molar-refractivity contribution in [2.24, 2.45) is 0 Å². The summed E-state index contributed by atoms with van der Waals surface area (Å²) >= 11 is 1.56. The first-order valence-electron chi connectivity index (χ1n) is 9.41. The normalized spacial score (nSPS) is 13.2. The second-order valence-corrected chi connectivity index (χ2v) is 7.95. The third kappa shape index (κ3) is 4.15. The number of anilines is 1. The molecule has 1 aromatic heterocycles. The molecule has 2 N–H and O–H groups in total. The summed E-state index contributed by atoms with van der Waals surface area (Å²) in [5, 5.41) is 6.70. The van der Waals surface area contributed by atoms with Gasteiger partial charge in [-0.3, -0.25) is 9.59 Å². The van der Waals surface area contributed by atoms with E-state index in [0.717, 1.165) is 49.7 Å². The number of carbonyl (C=O) groups excluding carboxylic acids is 2. The van der Waals surface area contributed by atoms with Crippen molar-refractivity contribution in [3.05, 3.63) is 51.4 Å². The molecule has 2 aromatic rings. The molecule has 1 aliphatic carbocycles. The van der Waals surface area contributed by atoms with Crippen molar-refractivity contribution in [2.75, 3.05) is 11.9 Å². The maximum atomic E-state index is 12.8. The van der Waals surface area contributed by atoms with Gasteiger partial charge in [0.05, 0.1) is 5.56 Å². The second-order valence-electron chi connectivity index (χ2n) is 6.84. The first kappa shape index (κ1) is 18.6. The number of thiophene rings is 1. The molecule has 138 valence electrons. The lowest BCUT2D eigenvalue weighted by Gasteiger charge is -2.13. The Bertz CT molecular complexity index is 793. The van der Waals surface area contributed by atoms with Crippen LogP contribution in [0.2, 0.25) is 0 Å². The molecule has 0 bridgehead atoms. The lowest BCUT2D eigenvalue weighted by molar-refractivity contribution is 0.0953. The van der Waals surface area contributed by atoms with E-state index in [2.05, 4.69) is 17.6 Å². The van der Waals surface area contributed by atoms with Gasteiger partial charge in [0.1, 0.15) is 5.00 Å². The highest BCUT2D eigenvalue weighted by Crippen LogP contribution is 2.38. The summed E-state index contributed by atoms with van der Waals surface area (Å²) in [6.07, 6.45) is 6.17. The van der Waals surface area contributed by atoms with Crippen LogP contribution in [0.3, 0.4) is 0 Å². The number of rotatable bonds is 6. The average molecular weight is 371 g/mol. The standard InChI is InChI=1S/C21H26N2O2S/c1-3-4-13-22-20(25)18-16-7-5-6-8-17(16)26-21(18)23-19(24)15-11-9-14(2)10-12-15/h9-12H,3-8,13H2,1-2H3,(H,22,25)(H,23,24). The molecule has 0 aliphatic heterocycles. The molecule has 0 saturated carbocycles. The number of aryl methyl sites for hydroxylation is 2. The van der Waals surface area contributed by atoms with Crippen LogP contribution in [0.5, 0.6) is 0 Å². The Morgan fingerprint density at radius 3 is 2.54 bits per heavy atom. The quantitative estimate of drug-likeness (QED) is 0.723. The molecule has 3 rings (SSSR count). The lowest BCUT2D eigenvalue weighted by atomic mass is 9.95. The molecular weight excluding hydrogens is 344 g/mol. The van der Waals surface area contributed by atoms with Gasteiger partial charge in [0.2, 0.25) is 0 Å². The smallest absolute Gasteiger partial charge is 0.256 e. The summed E-state index contributed by atoms with van der Waals surface area (Å²) < 4.78 is 0. The monoisotopic (exact) mass is 370 g/mol. The summed E-state index contributed by atoms with van der Waals surface area (Å²) in [5.74, 6) is -0.219. The van der Waals surface area contributed by atoms with Gasteiger partial charge >= 0.3 is 0 Å². The molecule has 4 nitrogen and oxygen atoms in total. The van der Waals surface area contributed by atoms with Crippen molar-refractivity contribution in [1.82, 2.24) is 5.32 Å². The zero-order valence-corrected chi connectivity index (χ0v) is 16.3. The number of unbranched alkanes of at least 4 members (excludes halogenated alkanes) is 1.